The van der Waals surface area contributed by atoms with E-state index in [0.717, 1.165) is 10.7 Å². The summed E-state index contributed by atoms with van der Waals surface area (Å²) >= 11 is 1.76. The zero-order valence-electron chi connectivity index (χ0n) is 15.5. The molecule has 1 saturated carbocycles. The minimum atomic E-state index is -0.0353. The number of nitrogens with zero attached hydrogens (tertiary/aromatic N) is 2. The van der Waals surface area contributed by atoms with Crippen LogP contribution in [0.15, 0.2) is 53.7 Å². The van der Waals surface area contributed by atoms with Crippen molar-refractivity contribution in [2.75, 3.05) is 18.5 Å². The molecular weight excluding hydrogens is 342 g/mol. The van der Waals surface area contributed by atoms with Crippen molar-refractivity contribution < 1.29 is 4.79 Å². The summed E-state index contributed by atoms with van der Waals surface area (Å²) in [4.78, 5) is 19.4. The second kappa shape index (κ2) is 9.08. The fraction of sp³-hybridized carbons (Fsp3) is 0.429. The number of carbonyl (C=O) groups excluding carboxylic acids is 1. The summed E-state index contributed by atoms with van der Waals surface area (Å²) in [6, 6.07) is 14.1. The third-order valence-electron chi connectivity index (χ3n) is 4.98. The van der Waals surface area contributed by atoms with Crippen LogP contribution in [0.4, 0.5) is 5.69 Å². The van der Waals surface area contributed by atoms with Crippen LogP contribution in [0.25, 0.3) is 0 Å². The van der Waals surface area contributed by atoms with Crippen molar-refractivity contribution in [3.63, 3.8) is 0 Å². The van der Waals surface area contributed by atoms with E-state index < -0.39 is 0 Å². The number of hydrogen-bond acceptors (Lipinski definition) is 4. The summed E-state index contributed by atoms with van der Waals surface area (Å²) in [5.41, 5.74) is 1.84. The van der Waals surface area contributed by atoms with Crippen LogP contribution in [0.1, 0.15) is 43.0 Å². The van der Waals surface area contributed by atoms with Crippen LogP contribution in [0.3, 0.4) is 0 Å². The first kappa shape index (κ1) is 18.8. The third-order valence-corrected chi connectivity index (χ3v) is 6.33. The number of carbonyl (C=O) groups is 1. The topological polar surface area (TPSA) is 45.2 Å². The lowest BCUT2D eigenvalue weighted by Crippen LogP contribution is -2.40. The predicted molar refractivity (Wildman–Crippen MR) is 109 cm³/mol. The minimum absolute atomic E-state index is 0.0353. The zero-order chi connectivity index (χ0) is 18.4. The van der Waals surface area contributed by atoms with Gasteiger partial charge in [-0.2, -0.15) is 0 Å². The van der Waals surface area contributed by atoms with Crippen molar-refractivity contribution in [3.8, 4) is 0 Å². The average Bonchev–Trinajstić information content (AvgIpc) is 3.19. The zero-order valence-corrected chi connectivity index (χ0v) is 16.3. The number of likely N-dealkylation sites (N-methyl/N-ethyl adjacent to an activating group) is 1. The molecule has 1 fully saturated rings. The Bertz CT molecular complexity index is 716. The molecule has 1 atom stereocenters. The lowest BCUT2D eigenvalue weighted by Gasteiger charge is -2.27. The van der Waals surface area contributed by atoms with Crippen molar-refractivity contribution in [2.45, 2.75) is 48.9 Å². The standard InChI is InChI=1S/C21H27N3OS/c1-16(24(2)17-9-4-3-5-10-17)15-23-20(25)19-13-8-14-22-21(19)26-18-11-6-7-12-18/h3-5,8-10,13-14,16,18H,6-7,11-12,15H2,1-2H3,(H,23,25). The normalized spacial score (nSPS) is 15.6. The maximum absolute atomic E-state index is 12.7. The largest absolute Gasteiger partial charge is 0.370 e. The Morgan fingerprint density at radius 1 is 1.23 bits per heavy atom. The molecule has 1 unspecified atom stereocenters. The monoisotopic (exact) mass is 369 g/mol. The van der Waals surface area contributed by atoms with Gasteiger partial charge in [-0.05, 0) is 44.0 Å². The van der Waals surface area contributed by atoms with Gasteiger partial charge in [0.2, 0.25) is 0 Å². The highest BCUT2D eigenvalue weighted by molar-refractivity contribution is 7.99. The number of nitrogens with one attached hydrogen (secondary N) is 1. The molecule has 1 aliphatic carbocycles. The lowest BCUT2D eigenvalue weighted by atomic mass is 10.2. The number of para-hydroxylation sites is 1. The van der Waals surface area contributed by atoms with Gasteiger partial charge in [0.15, 0.2) is 0 Å². The summed E-state index contributed by atoms with van der Waals surface area (Å²) in [7, 11) is 2.05. The van der Waals surface area contributed by atoms with Crippen molar-refractivity contribution in [1.29, 1.82) is 0 Å². The van der Waals surface area contributed by atoms with E-state index in [4.69, 9.17) is 0 Å². The first-order chi connectivity index (χ1) is 12.6. The van der Waals surface area contributed by atoms with E-state index in [2.05, 4.69) is 41.3 Å². The lowest BCUT2D eigenvalue weighted by molar-refractivity contribution is 0.0948. The molecule has 1 aromatic heterocycles. The van der Waals surface area contributed by atoms with Crippen molar-refractivity contribution in [1.82, 2.24) is 10.3 Å². The van der Waals surface area contributed by atoms with Gasteiger partial charge in [0.05, 0.1) is 5.56 Å². The summed E-state index contributed by atoms with van der Waals surface area (Å²) in [6.07, 6.45) is 6.80. The summed E-state index contributed by atoms with van der Waals surface area (Å²) in [5, 5.41) is 4.54. The number of benzene rings is 1. The molecule has 0 radical (unpaired) electrons. The Morgan fingerprint density at radius 2 is 1.96 bits per heavy atom. The number of hydrogen-bond donors (Lipinski definition) is 1. The quantitative estimate of drug-likeness (QED) is 0.787. The molecular formula is C21H27N3OS. The van der Waals surface area contributed by atoms with Gasteiger partial charge in [-0.1, -0.05) is 31.0 Å². The molecule has 2 aromatic rings. The fourth-order valence-corrected chi connectivity index (χ4v) is 4.51. The Hall–Kier alpha value is -2.01. The number of aromatic nitrogens is 1. The molecule has 0 spiro atoms. The molecule has 0 aliphatic heterocycles. The Balaban J connectivity index is 1.59. The Morgan fingerprint density at radius 3 is 2.69 bits per heavy atom. The van der Waals surface area contributed by atoms with Gasteiger partial charge in [-0.15, -0.1) is 11.8 Å². The van der Waals surface area contributed by atoms with Gasteiger partial charge >= 0.3 is 0 Å². The van der Waals surface area contributed by atoms with Crippen molar-refractivity contribution in [2.24, 2.45) is 0 Å². The fourth-order valence-electron chi connectivity index (χ4n) is 3.21. The maximum atomic E-state index is 12.7. The second-order valence-corrected chi connectivity index (χ2v) is 8.17. The molecule has 0 bridgehead atoms. The molecule has 26 heavy (non-hydrogen) atoms. The number of anilines is 1. The van der Waals surface area contributed by atoms with E-state index in [-0.39, 0.29) is 11.9 Å². The van der Waals surface area contributed by atoms with Crippen LogP contribution in [0.2, 0.25) is 0 Å². The number of rotatable bonds is 7. The highest BCUT2D eigenvalue weighted by atomic mass is 32.2. The van der Waals surface area contributed by atoms with Crippen LogP contribution in [-0.2, 0) is 0 Å². The van der Waals surface area contributed by atoms with Gasteiger partial charge in [0.1, 0.15) is 5.03 Å². The van der Waals surface area contributed by atoms with E-state index in [0.29, 0.717) is 17.4 Å². The predicted octanol–water partition coefficient (Wildman–Crippen LogP) is 4.37. The van der Waals surface area contributed by atoms with Crippen LogP contribution in [0.5, 0.6) is 0 Å². The number of pyridine rings is 1. The smallest absolute Gasteiger partial charge is 0.254 e. The van der Waals surface area contributed by atoms with E-state index >= 15 is 0 Å². The molecule has 5 heteroatoms. The number of thioether (sulfide) groups is 1. The summed E-state index contributed by atoms with van der Waals surface area (Å²) in [5.74, 6) is -0.0353. The molecule has 1 heterocycles. The van der Waals surface area contributed by atoms with Crippen LogP contribution < -0.4 is 10.2 Å². The van der Waals surface area contributed by atoms with Gasteiger partial charge in [0, 0.05) is 36.8 Å². The van der Waals surface area contributed by atoms with E-state index in [1.165, 1.54) is 25.7 Å². The molecule has 4 nitrogen and oxygen atoms in total. The molecule has 1 amide bonds. The van der Waals surface area contributed by atoms with E-state index in [1.54, 1.807) is 18.0 Å². The summed E-state index contributed by atoms with van der Waals surface area (Å²) in [6.45, 7) is 2.71. The van der Waals surface area contributed by atoms with Crippen LogP contribution >= 0.6 is 11.8 Å². The third kappa shape index (κ3) is 4.79. The molecule has 1 aliphatic rings. The average molecular weight is 370 g/mol. The highest BCUT2D eigenvalue weighted by Gasteiger charge is 2.21. The van der Waals surface area contributed by atoms with Gasteiger partial charge in [-0.3, -0.25) is 4.79 Å². The maximum Gasteiger partial charge on any atom is 0.254 e. The SMILES string of the molecule is CC(CNC(=O)c1cccnc1SC1CCCC1)N(C)c1ccccc1. The molecule has 1 N–H and O–H groups in total. The first-order valence-corrected chi connectivity index (χ1v) is 10.2. The molecule has 3 rings (SSSR count). The van der Waals surface area contributed by atoms with Crippen LogP contribution in [0, 0.1) is 0 Å². The minimum Gasteiger partial charge on any atom is -0.370 e. The van der Waals surface area contributed by atoms with Crippen molar-refractivity contribution >= 4 is 23.4 Å². The Labute approximate surface area is 160 Å². The van der Waals surface area contributed by atoms with E-state index in [9.17, 15) is 4.79 Å². The first-order valence-electron chi connectivity index (χ1n) is 9.33. The second-order valence-electron chi connectivity index (χ2n) is 6.89. The molecule has 138 valence electrons. The van der Waals surface area contributed by atoms with Gasteiger partial charge in [-0.25, -0.2) is 4.98 Å². The van der Waals surface area contributed by atoms with E-state index in [1.807, 2.05) is 30.3 Å². The highest BCUT2D eigenvalue weighted by Crippen LogP contribution is 2.35. The van der Waals surface area contributed by atoms with Crippen molar-refractivity contribution in [3.05, 3.63) is 54.2 Å². The summed E-state index contributed by atoms with van der Waals surface area (Å²) < 4.78 is 0. The van der Waals surface area contributed by atoms with Crippen LogP contribution in [-0.4, -0.2) is 35.8 Å². The van der Waals surface area contributed by atoms with Gasteiger partial charge in [0.25, 0.3) is 5.91 Å². The molecule has 1 aromatic carbocycles. The molecule has 0 saturated heterocycles. The van der Waals surface area contributed by atoms with Gasteiger partial charge < -0.3 is 10.2 Å². The Kier molecular flexibility index (Phi) is 6.56. The number of amides is 1.